The van der Waals surface area contributed by atoms with E-state index >= 15 is 0 Å². The van der Waals surface area contributed by atoms with E-state index in [0.29, 0.717) is 0 Å². The predicted molar refractivity (Wildman–Crippen MR) is 9.94 cm³/mol. The molecule has 0 unspecified atom stereocenters. The molecule has 0 atom stereocenters. The van der Waals surface area contributed by atoms with E-state index in [1.54, 1.807) is 0 Å². The van der Waals surface area contributed by atoms with E-state index in [-0.39, 0.29) is 88.7 Å². The molecule has 4 heavy (non-hydrogen) atoms. The van der Waals surface area contributed by atoms with Gasteiger partial charge in [0.05, 0.1) is 8.41 Å². The van der Waals surface area contributed by atoms with Crippen LogP contribution in [-0.2, 0) is 39.4 Å². The van der Waals surface area contributed by atoms with Gasteiger partial charge >= 0.3 is 0 Å². The third-order valence-corrected chi connectivity index (χ3v) is 0. The average Bonchev–Trinajstić information content (AvgIpc) is 0. The molecule has 0 N–H and O–H groups in total. The maximum atomic E-state index is 0. The van der Waals surface area contributed by atoms with Crippen LogP contribution in [0.5, 0.6) is 0 Å². The van der Waals surface area contributed by atoms with Gasteiger partial charge in [-0.25, -0.2) is 0 Å². The Balaban J connectivity index is 0. The zero-order valence-corrected chi connectivity index (χ0v) is 6.95. The fourth-order valence-electron chi connectivity index (χ4n) is 0. The Bertz CT molecular complexity index is 8.00. The Morgan fingerprint density at radius 2 is 1.00 bits per heavy atom. The van der Waals surface area contributed by atoms with Gasteiger partial charge in [0, 0.05) is 80.3 Å². The molecule has 0 fully saturated rings. The fourth-order valence-corrected chi connectivity index (χ4v) is 0. The molecular weight excluding hydrogens is 319 g/mol. The second-order valence-corrected chi connectivity index (χ2v) is 0. The van der Waals surface area contributed by atoms with Gasteiger partial charge in [0.1, 0.15) is 0 Å². The standard InChI is InChI=1S/Ag.BH3.Fe.Nd/h;1H3;;. The zero-order chi connectivity index (χ0) is 0. The van der Waals surface area contributed by atoms with Crippen LogP contribution in [0.1, 0.15) is 0 Å². The molecule has 0 saturated carbocycles. The monoisotopic (exact) mass is 319 g/mol. The first-order valence-corrected chi connectivity index (χ1v) is 0. The molecule has 0 heterocycles. The van der Waals surface area contributed by atoms with E-state index in [2.05, 4.69) is 0 Å². The molecule has 0 spiro atoms. The molecule has 0 bridgehead atoms. The van der Waals surface area contributed by atoms with E-state index in [4.69, 9.17) is 0 Å². The minimum absolute atomic E-state index is 0. The summed E-state index contributed by atoms with van der Waals surface area (Å²) in [6.45, 7) is 0. The molecule has 4 heteroatoms. The van der Waals surface area contributed by atoms with E-state index in [1.807, 2.05) is 0 Å². The Kier molecular flexibility index (Phi) is 130. The first-order valence-electron chi connectivity index (χ1n) is 0. The molecule has 0 aromatic carbocycles. The van der Waals surface area contributed by atoms with Crippen LogP contribution in [-0.4, -0.2) is 8.41 Å². The van der Waals surface area contributed by atoms with Gasteiger partial charge in [-0.1, -0.05) is 0 Å². The van der Waals surface area contributed by atoms with Gasteiger partial charge in [0.25, 0.3) is 0 Å². The van der Waals surface area contributed by atoms with Crippen molar-refractivity contribution in [2.45, 2.75) is 0 Å². The Morgan fingerprint density at radius 3 is 1.00 bits per heavy atom. The largest absolute Gasteiger partial charge is 0.0814 e. The fraction of sp³-hybridized carbons (Fsp3) is 0. The molecule has 0 aromatic heterocycles. The van der Waals surface area contributed by atoms with Gasteiger partial charge in [-0.2, -0.15) is 0 Å². The summed E-state index contributed by atoms with van der Waals surface area (Å²) in [7, 11) is 0. The van der Waals surface area contributed by atoms with Crippen LogP contribution in [0.15, 0.2) is 0 Å². The SMILES string of the molecule is B.[Ag].[Fe].[Nd]. The number of hydrogen-bond acceptors (Lipinski definition) is 0. The van der Waals surface area contributed by atoms with Crippen LogP contribution in [0.3, 0.4) is 0 Å². The molecule has 0 saturated heterocycles. The van der Waals surface area contributed by atoms with Crippen molar-refractivity contribution in [1.82, 2.24) is 0 Å². The maximum absolute atomic E-state index is 0. The van der Waals surface area contributed by atoms with Gasteiger partial charge in [-0.05, 0) is 0 Å². The minimum atomic E-state index is 0. The summed E-state index contributed by atoms with van der Waals surface area (Å²) in [6, 6.07) is 0. The first-order chi connectivity index (χ1) is 0. The van der Waals surface area contributed by atoms with Crippen LogP contribution >= 0.6 is 0 Å². The summed E-state index contributed by atoms with van der Waals surface area (Å²) < 4.78 is 0. The minimum Gasteiger partial charge on any atom is 0 e. The van der Waals surface area contributed by atoms with Crippen LogP contribution in [0.4, 0.5) is 0 Å². The normalized spacial score (nSPS) is 0. The zero-order valence-electron chi connectivity index (χ0n) is 1.16. The topological polar surface area (TPSA) is 0 Å². The Morgan fingerprint density at radius 1 is 1.00 bits per heavy atom. The smallest absolute Gasteiger partial charge is 0 e. The van der Waals surface area contributed by atoms with Crippen LogP contribution in [0.25, 0.3) is 0 Å². The molecule has 0 aromatic rings. The molecule has 29 valence electrons. The molecule has 0 amide bonds. The Labute approximate surface area is 86.9 Å². The molecule has 0 aliphatic rings. The molecule has 0 rings (SSSR count). The van der Waals surface area contributed by atoms with Gasteiger partial charge in [0.2, 0.25) is 0 Å². The Hall–Kier alpha value is 2.68. The summed E-state index contributed by atoms with van der Waals surface area (Å²) in [5, 5.41) is 0. The van der Waals surface area contributed by atoms with Crippen molar-refractivity contribution in [3.63, 3.8) is 0 Å². The van der Waals surface area contributed by atoms with Gasteiger partial charge in [-0.3, -0.25) is 0 Å². The molecule has 0 aliphatic heterocycles. The van der Waals surface area contributed by atoms with Crippen LogP contribution in [0, 0.1) is 40.8 Å². The van der Waals surface area contributed by atoms with E-state index in [0.717, 1.165) is 0 Å². The van der Waals surface area contributed by atoms with E-state index in [1.165, 1.54) is 0 Å². The third-order valence-electron chi connectivity index (χ3n) is 0. The van der Waals surface area contributed by atoms with Gasteiger partial charge in [0.15, 0.2) is 0 Å². The van der Waals surface area contributed by atoms with E-state index < -0.39 is 0 Å². The van der Waals surface area contributed by atoms with Gasteiger partial charge in [-0.15, -0.1) is 0 Å². The van der Waals surface area contributed by atoms with Crippen molar-refractivity contribution in [1.29, 1.82) is 0 Å². The maximum Gasteiger partial charge on any atom is 0.0814 e. The van der Waals surface area contributed by atoms with Crippen molar-refractivity contribution in [2.75, 3.05) is 0 Å². The van der Waals surface area contributed by atoms with Crippen molar-refractivity contribution in [3.8, 4) is 0 Å². The van der Waals surface area contributed by atoms with Crippen molar-refractivity contribution >= 4 is 8.41 Å². The van der Waals surface area contributed by atoms with Crippen LogP contribution in [0.2, 0.25) is 0 Å². The van der Waals surface area contributed by atoms with Gasteiger partial charge < -0.3 is 0 Å². The summed E-state index contributed by atoms with van der Waals surface area (Å²) in [5.74, 6) is 0. The molecule has 0 aliphatic carbocycles. The van der Waals surface area contributed by atoms with E-state index in [9.17, 15) is 0 Å². The quantitative estimate of drug-likeness (QED) is 0.492. The summed E-state index contributed by atoms with van der Waals surface area (Å²) in [6.07, 6.45) is 0. The summed E-state index contributed by atoms with van der Waals surface area (Å²) in [5.41, 5.74) is 0. The van der Waals surface area contributed by atoms with Crippen LogP contribution < -0.4 is 0 Å². The van der Waals surface area contributed by atoms with Crippen molar-refractivity contribution in [2.24, 2.45) is 0 Å². The average molecular weight is 322 g/mol. The van der Waals surface area contributed by atoms with Crippen molar-refractivity contribution < 1.29 is 80.3 Å². The molecule has 1 radical (unpaired) electrons. The third kappa shape index (κ3) is 8.82. The second-order valence-electron chi connectivity index (χ2n) is 0. The predicted octanol–water partition coefficient (Wildman–Crippen LogP) is -1.19. The second kappa shape index (κ2) is 17.3. The number of hydrogen-bond donors (Lipinski definition) is 0. The molecule has 0 nitrogen and oxygen atoms in total. The number of rotatable bonds is 0. The summed E-state index contributed by atoms with van der Waals surface area (Å²) >= 11 is 0. The first kappa shape index (κ1) is 30.0. The summed E-state index contributed by atoms with van der Waals surface area (Å²) in [4.78, 5) is 0. The molecular formula is H3AgBFeNd. The van der Waals surface area contributed by atoms with Crippen molar-refractivity contribution in [3.05, 3.63) is 0 Å².